The normalized spacial score (nSPS) is 15.6. The number of anilines is 2. The van der Waals surface area contributed by atoms with Crippen LogP contribution in [0, 0.1) is 13.8 Å². The first-order chi connectivity index (χ1) is 17.6. The number of carbonyl (C=O) groups is 1. The van der Waals surface area contributed by atoms with Gasteiger partial charge in [-0.25, -0.2) is 0 Å². The van der Waals surface area contributed by atoms with Gasteiger partial charge in [-0.1, -0.05) is 24.3 Å². The number of aryl methyl sites for hydroxylation is 2. The van der Waals surface area contributed by atoms with E-state index in [1.165, 1.54) is 6.07 Å². The van der Waals surface area contributed by atoms with Crippen LogP contribution in [-0.4, -0.2) is 68.8 Å². The Morgan fingerprint density at radius 2 is 1.57 bits per heavy atom. The fraction of sp³-hybridized carbons (Fsp3) is 0.552. The maximum absolute atomic E-state index is 13.5. The Morgan fingerprint density at radius 1 is 0.946 bits per heavy atom. The van der Waals surface area contributed by atoms with Crippen LogP contribution >= 0.6 is 19.8 Å². The van der Waals surface area contributed by atoms with Crippen LogP contribution in [0.25, 0.3) is 0 Å². The number of para-hydroxylation sites is 1. The zero-order chi connectivity index (χ0) is 27.0. The molecule has 0 saturated carbocycles. The molecule has 1 saturated heterocycles. The molecule has 0 atom stereocenters. The fourth-order valence-electron chi connectivity index (χ4n) is 4.71. The van der Waals surface area contributed by atoms with E-state index in [2.05, 4.69) is 26.6 Å². The summed E-state index contributed by atoms with van der Waals surface area (Å²) in [5.41, 5.74) is 2.83. The third-order valence-corrected chi connectivity index (χ3v) is 11.7. The Bertz CT molecular complexity index is 1020. The van der Waals surface area contributed by atoms with Gasteiger partial charge in [0.25, 0.3) is 0 Å². The number of hydrogen-bond donors (Lipinski definition) is 0. The van der Waals surface area contributed by atoms with Crippen molar-refractivity contribution in [3.05, 3.63) is 59.2 Å². The molecule has 1 aliphatic rings. The van der Waals surface area contributed by atoms with Crippen LogP contribution in [0.4, 0.5) is 24.5 Å². The summed E-state index contributed by atoms with van der Waals surface area (Å²) >= 11 is -1.46. The average Bonchev–Trinajstić information content (AvgIpc) is 2.86. The second kappa shape index (κ2) is 13.9. The molecule has 1 fully saturated rings. The van der Waals surface area contributed by atoms with E-state index in [9.17, 15) is 18.0 Å². The van der Waals surface area contributed by atoms with E-state index in [1.54, 1.807) is 6.07 Å². The predicted molar refractivity (Wildman–Crippen MR) is 157 cm³/mol. The Balaban J connectivity index is 1.59. The molecule has 0 aliphatic carbocycles. The molecule has 0 radical (unpaired) electrons. The van der Waals surface area contributed by atoms with E-state index < -0.39 is 31.6 Å². The van der Waals surface area contributed by atoms with E-state index in [0.717, 1.165) is 85.8 Å². The number of carbonyl (C=O) groups excluding carboxylic acids is 1. The average molecular weight is 632 g/mol. The van der Waals surface area contributed by atoms with E-state index in [0.29, 0.717) is 16.0 Å². The molecule has 1 heterocycles. The summed E-state index contributed by atoms with van der Waals surface area (Å²) in [4.78, 5) is 21.3. The molecule has 1 aliphatic heterocycles. The summed E-state index contributed by atoms with van der Waals surface area (Å²) in [6.45, 7) is 12.6. The fourth-order valence-corrected chi connectivity index (χ4v) is 8.18. The molecule has 0 unspecified atom stereocenters. The van der Waals surface area contributed by atoms with Crippen LogP contribution in [0.1, 0.15) is 42.9 Å². The molecule has 0 N–H and O–H groups in total. The Kier molecular flexibility index (Phi) is 11.3. The summed E-state index contributed by atoms with van der Waals surface area (Å²) in [5, 5.41) is 0. The van der Waals surface area contributed by atoms with E-state index >= 15 is 0 Å². The van der Waals surface area contributed by atoms with Gasteiger partial charge in [0.15, 0.2) is 0 Å². The zero-order valence-electron chi connectivity index (χ0n) is 22.6. The van der Waals surface area contributed by atoms with Gasteiger partial charge in [-0.05, 0) is 19.9 Å². The molecule has 3 rings (SSSR count). The standard InChI is InChI=1S/C29H41F3IN3O/c1-5-9-28(37)33(4)14-17-35-20-18-34(19-21-35)15-8-16-36(26-11-7-6-10-23(26)2)27-22-25(29(30,31)32)13-12-24(27)3/h6-7,10-13,22H,5,8-9,14-21H2,1-4H3. The van der Waals surface area contributed by atoms with Crippen LogP contribution in [0.2, 0.25) is 0 Å². The number of piperazine rings is 1. The van der Waals surface area contributed by atoms with Crippen molar-refractivity contribution < 1.29 is 18.0 Å². The van der Waals surface area contributed by atoms with Gasteiger partial charge < -0.3 is 0 Å². The molecule has 0 amide bonds. The SMILES string of the molecule is CCCC(=O)I(C)CCN1CCN(CCCN(c2ccccc2C)c2cc(C(F)(F)F)ccc2C)CC1. The van der Waals surface area contributed by atoms with Gasteiger partial charge in [0.2, 0.25) is 0 Å². The van der Waals surface area contributed by atoms with Crippen molar-refractivity contribution in [2.75, 3.05) is 60.1 Å². The number of alkyl halides is 5. The number of rotatable bonds is 12. The molecule has 2 aromatic rings. The second-order valence-corrected chi connectivity index (χ2v) is 15.5. The van der Waals surface area contributed by atoms with Crippen LogP contribution in [0.3, 0.4) is 0 Å². The van der Waals surface area contributed by atoms with Gasteiger partial charge in [-0.15, -0.1) is 0 Å². The number of nitrogens with zero attached hydrogens (tertiary/aromatic N) is 3. The van der Waals surface area contributed by atoms with Crippen molar-refractivity contribution in [3.8, 4) is 0 Å². The summed E-state index contributed by atoms with van der Waals surface area (Å²) in [6.07, 6.45) is -1.81. The molecular weight excluding hydrogens is 590 g/mol. The van der Waals surface area contributed by atoms with E-state index in [1.807, 2.05) is 38.1 Å². The van der Waals surface area contributed by atoms with Gasteiger partial charge in [0.05, 0.1) is 5.56 Å². The Hall–Kier alpha value is -1.65. The minimum absolute atomic E-state index is 0.527. The van der Waals surface area contributed by atoms with E-state index in [-0.39, 0.29) is 0 Å². The molecule has 0 aromatic heterocycles. The van der Waals surface area contributed by atoms with Crippen molar-refractivity contribution in [3.63, 3.8) is 0 Å². The summed E-state index contributed by atoms with van der Waals surface area (Å²) in [6, 6.07) is 11.9. The molecule has 206 valence electrons. The third-order valence-electron chi connectivity index (χ3n) is 7.05. The van der Waals surface area contributed by atoms with Gasteiger partial charge in [-0.2, -0.15) is 13.2 Å². The summed E-state index contributed by atoms with van der Waals surface area (Å²) in [7, 11) is 0. The summed E-state index contributed by atoms with van der Waals surface area (Å²) in [5.74, 6) is 0. The minimum atomic E-state index is -4.37. The molecular formula is C29H41F3IN3O. The zero-order valence-corrected chi connectivity index (χ0v) is 24.7. The molecule has 0 bridgehead atoms. The second-order valence-electron chi connectivity index (χ2n) is 9.86. The number of benzene rings is 2. The molecule has 4 nitrogen and oxygen atoms in total. The van der Waals surface area contributed by atoms with Crippen molar-refractivity contribution in [2.24, 2.45) is 0 Å². The van der Waals surface area contributed by atoms with E-state index in [4.69, 9.17) is 0 Å². The first-order valence-electron chi connectivity index (χ1n) is 13.1. The summed E-state index contributed by atoms with van der Waals surface area (Å²) < 4.78 is 42.1. The van der Waals surface area contributed by atoms with Gasteiger partial charge in [0, 0.05) is 0 Å². The van der Waals surface area contributed by atoms with Crippen molar-refractivity contribution >= 4 is 35.0 Å². The molecule has 0 spiro atoms. The van der Waals surface area contributed by atoms with Crippen LogP contribution in [0.5, 0.6) is 0 Å². The third kappa shape index (κ3) is 8.68. The predicted octanol–water partition coefficient (Wildman–Crippen LogP) is 6.93. The van der Waals surface area contributed by atoms with Gasteiger partial charge in [0.1, 0.15) is 0 Å². The molecule has 2 aromatic carbocycles. The van der Waals surface area contributed by atoms with Gasteiger partial charge in [-0.3, -0.25) is 0 Å². The van der Waals surface area contributed by atoms with Crippen LogP contribution in [0.15, 0.2) is 42.5 Å². The van der Waals surface area contributed by atoms with Crippen molar-refractivity contribution in [2.45, 2.75) is 46.2 Å². The maximum atomic E-state index is 13.5. The quantitative estimate of drug-likeness (QED) is 0.144. The van der Waals surface area contributed by atoms with Gasteiger partial charge >= 0.3 is 165 Å². The Labute approximate surface area is 227 Å². The molecule has 8 heteroatoms. The topological polar surface area (TPSA) is 26.8 Å². The van der Waals surface area contributed by atoms with Crippen LogP contribution < -0.4 is 4.90 Å². The first kappa shape index (κ1) is 29.9. The molecule has 37 heavy (non-hydrogen) atoms. The number of hydrogen-bond acceptors (Lipinski definition) is 4. The first-order valence-corrected chi connectivity index (χ1v) is 17.9. The van der Waals surface area contributed by atoms with Crippen molar-refractivity contribution in [1.29, 1.82) is 0 Å². The number of halogens is 4. The van der Waals surface area contributed by atoms with Crippen LogP contribution in [-0.2, 0) is 11.0 Å². The van der Waals surface area contributed by atoms with Crippen molar-refractivity contribution in [1.82, 2.24) is 9.80 Å². The Morgan fingerprint density at radius 3 is 2.19 bits per heavy atom. The monoisotopic (exact) mass is 631 g/mol.